The molecule has 0 aliphatic heterocycles. The molecule has 8 nitrogen and oxygen atoms in total. The highest BCUT2D eigenvalue weighted by Crippen LogP contribution is 2.36. The summed E-state index contributed by atoms with van der Waals surface area (Å²) in [5.74, 6) is 0.133. The van der Waals surface area contributed by atoms with Gasteiger partial charge < -0.3 is 4.74 Å². The summed E-state index contributed by atoms with van der Waals surface area (Å²) < 4.78 is 5.67. The van der Waals surface area contributed by atoms with Crippen molar-refractivity contribution in [3.8, 4) is 11.5 Å². The minimum absolute atomic E-state index is 0.132. The molecule has 3 aromatic rings. The Morgan fingerprint density at radius 3 is 2.29 bits per heavy atom. The number of aliphatic imine (C=N–C) groups is 1. The number of halogens is 1. The number of hydrogen-bond donors (Lipinski definition) is 0. The van der Waals surface area contributed by atoms with E-state index in [1.165, 1.54) is 12.3 Å². The van der Waals surface area contributed by atoms with Gasteiger partial charge in [-0.25, -0.2) is 0 Å². The molecule has 3 rings (SSSR count). The molecular weight excluding hydrogens is 386 g/mol. The maximum atomic E-state index is 11.3. The lowest BCUT2D eigenvalue weighted by Crippen LogP contribution is -1.97. The van der Waals surface area contributed by atoms with Crippen molar-refractivity contribution in [2.45, 2.75) is 0 Å². The summed E-state index contributed by atoms with van der Waals surface area (Å²) in [7, 11) is 0. The second kappa shape index (κ2) is 8.28. The van der Waals surface area contributed by atoms with Gasteiger partial charge in [0, 0.05) is 22.9 Å². The van der Waals surface area contributed by atoms with Crippen LogP contribution in [0.3, 0.4) is 0 Å². The molecule has 0 saturated carbocycles. The number of benzene rings is 3. The zero-order chi connectivity index (χ0) is 20.1. The van der Waals surface area contributed by atoms with Crippen LogP contribution in [0, 0.1) is 20.2 Å². The summed E-state index contributed by atoms with van der Waals surface area (Å²) in [5, 5.41) is 22.6. The fraction of sp³-hybridized carbons (Fsp3) is 0. The van der Waals surface area contributed by atoms with Crippen molar-refractivity contribution in [1.82, 2.24) is 0 Å². The van der Waals surface area contributed by atoms with Crippen LogP contribution in [0.1, 0.15) is 5.56 Å². The van der Waals surface area contributed by atoms with Crippen molar-refractivity contribution in [2.75, 3.05) is 0 Å². The molecule has 0 radical (unpaired) electrons. The highest BCUT2D eigenvalue weighted by atomic mass is 35.5. The van der Waals surface area contributed by atoms with Gasteiger partial charge in [0.25, 0.3) is 5.69 Å². The maximum Gasteiger partial charge on any atom is 0.318 e. The zero-order valence-corrected chi connectivity index (χ0v) is 14.9. The van der Waals surface area contributed by atoms with Crippen molar-refractivity contribution in [3.05, 3.63) is 97.5 Å². The number of rotatable bonds is 6. The van der Waals surface area contributed by atoms with Crippen LogP contribution >= 0.6 is 11.6 Å². The highest BCUT2D eigenvalue weighted by Gasteiger charge is 2.21. The van der Waals surface area contributed by atoms with Gasteiger partial charge in [-0.05, 0) is 36.4 Å². The van der Waals surface area contributed by atoms with Crippen LogP contribution in [-0.2, 0) is 0 Å². The number of ether oxygens (including phenoxy) is 1. The van der Waals surface area contributed by atoms with E-state index in [0.717, 1.165) is 12.1 Å². The largest absolute Gasteiger partial charge is 0.449 e. The van der Waals surface area contributed by atoms with E-state index in [-0.39, 0.29) is 11.5 Å². The first-order valence-electron chi connectivity index (χ1n) is 7.93. The Labute approximate surface area is 164 Å². The molecular formula is C19H12ClN3O5. The minimum atomic E-state index is -0.740. The molecule has 0 amide bonds. The first-order chi connectivity index (χ1) is 13.4. The average Bonchev–Trinajstić information content (AvgIpc) is 2.68. The number of nitro groups is 2. The van der Waals surface area contributed by atoms with Crippen LogP contribution in [-0.4, -0.2) is 16.1 Å². The Balaban J connectivity index is 1.98. The van der Waals surface area contributed by atoms with Crippen LogP contribution < -0.4 is 4.74 Å². The smallest absolute Gasteiger partial charge is 0.318 e. The molecule has 3 aromatic carbocycles. The van der Waals surface area contributed by atoms with E-state index in [9.17, 15) is 20.2 Å². The fourth-order valence-corrected chi connectivity index (χ4v) is 2.52. The summed E-state index contributed by atoms with van der Waals surface area (Å²) in [6, 6.07) is 17.0. The molecule has 9 heteroatoms. The van der Waals surface area contributed by atoms with Crippen molar-refractivity contribution in [1.29, 1.82) is 0 Å². The van der Waals surface area contributed by atoms with Gasteiger partial charge in [0.05, 0.1) is 21.6 Å². The molecule has 0 spiro atoms. The molecule has 0 unspecified atom stereocenters. The number of non-ortho nitro benzene ring substituents is 1. The van der Waals surface area contributed by atoms with Crippen LogP contribution in [0.15, 0.2) is 71.7 Å². The first kappa shape index (κ1) is 19.0. The molecule has 0 N–H and O–H groups in total. The first-order valence-corrected chi connectivity index (χ1v) is 8.31. The van der Waals surface area contributed by atoms with E-state index in [0.29, 0.717) is 16.3 Å². The highest BCUT2D eigenvalue weighted by molar-refractivity contribution is 6.30. The molecule has 0 saturated heterocycles. The van der Waals surface area contributed by atoms with Crippen LogP contribution in [0.4, 0.5) is 17.1 Å². The number of nitro benzene ring substituents is 2. The van der Waals surface area contributed by atoms with Gasteiger partial charge in [0.1, 0.15) is 5.75 Å². The van der Waals surface area contributed by atoms with Crippen molar-refractivity contribution < 1.29 is 14.6 Å². The minimum Gasteiger partial charge on any atom is -0.449 e. The molecule has 28 heavy (non-hydrogen) atoms. The Morgan fingerprint density at radius 1 is 0.893 bits per heavy atom. The van der Waals surface area contributed by atoms with Crippen LogP contribution in [0.5, 0.6) is 11.5 Å². The summed E-state index contributed by atoms with van der Waals surface area (Å²) in [6.07, 6.45) is 1.52. The second-order valence-corrected chi connectivity index (χ2v) is 5.98. The average molecular weight is 398 g/mol. The number of hydrogen-bond acceptors (Lipinski definition) is 6. The molecule has 0 aliphatic rings. The number of para-hydroxylation sites is 1. The topological polar surface area (TPSA) is 108 Å². The van der Waals surface area contributed by atoms with Gasteiger partial charge in [0.2, 0.25) is 5.75 Å². The van der Waals surface area contributed by atoms with E-state index < -0.39 is 21.2 Å². The third kappa shape index (κ3) is 4.49. The number of nitrogens with zero attached hydrogens (tertiary/aromatic N) is 3. The molecule has 0 aliphatic carbocycles. The van der Waals surface area contributed by atoms with Crippen LogP contribution in [0.2, 0.25) is 5.02 Å². The Morgan fingerprint density at radius 2 is 1.61 bits per heavy atom. The van der Waals surface area contributed by atoms with Gasteiger partial charge in [-0.15, -0.1) is 0 Å². The van der Waals surface area contributed by atoms with E-state index in [1.54, 1.807) is 18.2 Å². The molecule has 0 heterocycles. The third-order valence-corrected chi connectivity index (χ3v) is 3.89. The monoisotopic (exact) mass is 397 g/mol. The Hall–Kier alpha value is -3.78. The normalized spacial score (nSPS) is 10.8. The maximum absolute atomic E-state index is 11.3. The standard InChI is InChI=1S/C19H12ClN3O5/c20-14-6-8-18(13(10-14)12-21-15-4-2-1-3-5-15)28-19-9-7-16(22(24)25)11-17(19)23(26)27/h1-12H. The van der Waals surface area contributed by atoms with E-state index >= 15 is 0 Å². The lowest BCUT2D eigenvalue weighted by atomic mass is 10.2. The second-order valence-electron chi connectivity index (χ2n) is 5.54. The molecule has 0 atom stereocenters. The lowest BCUT2D eigenvalue weighted by molar-refractivity contribution is -0.394. The molecule has 140 valence electrons. The summed E-state index contributed by atoms with van der Waals surface area (Å²) in [6.45, 7) is 0. The molecule has 0 fully saturated rings. The zero-order valence-electron chi connectivity index (χ0n) is 14.2. The Bertz CT molecular complexity index is 1070. The fourth-order valence-electron chi connectivity index (χ4n) is 2.34. The summed E-state index contributed by atoms with van der Waals surface area (Å²) in [4.78, 5) is 25.0. The van der Waals surface area contributed by atoms with E-state index in [1.807, 2.05) is 30.3 Å². The van der Waals surface area contributed by atoms with Gasteiger partial charge >= 0.3 is 5.69 Å². The summed E-state index contributed by atoms with van der Waals surface area (Å²) >= 11 is 6.04. The van der Waals surface area contributed by atoms with Gasteiger partial charge in [-0.1, -0.05) is 29.8 Å². The predicted octanol–water partition coefficient (Wildman–Crippen LogP) is 5.70. The SMILES string of the molecule is O=[N+]([O-])c1ccc(Oc2ccc(Cl)cc2C=Nc2ccccc2)c([N+](=O)[O-])c1. The Kier molecular flexibility index (Phi) is 5.61. The molecule has 0 aromatic heterocycles. The molecule has 0 bridgehead atoms. The van der Waals surface area contributed by atoms with E-state index in [2.05, 4.69) is 4.99 Å². The van der Waals surface area contributed by atoms with Crippen molar-refractivity contribution in [3.63, 3.8) is 0 Å². The predicted molar refractivity (Wildman–Crippen MR) is 105 cm³/mol. The lowest BCUT2D eigenvalue weighted by Gasteiger charge is -2.09. The van der Waals surface area contributed by atoms with Gasteiger partial charge in [-0.3, -0.25) is 25.2 Å². The van der Waals surface area contributed by atoms with Gasteiger partial charge in [-0.2, -0.15) is 0 Å². The quantitative estimate of drug-likeness (QED) is 0.301. The van der Waals surface area contributed by atoms with Crippen molar-refractivity contribution in [2.24, 2.45) is 4.99 Å². The van der Waals surface area contributed by atoms with E-state index in [4.69, 9.17) is 16.3 Å². The van der Waals surface area contributed by atoms with Gasteiger partial charge in [0.15, 0.2) is 0 Å². The summed E-state index contributed by atoms with van der Waals surface area (Å²) in [5.41, 5.74) is 0.273. The third-order valence-electron chi connectivity index (χ3n) is 3.65. The van der Waals surface area contributed by atoms with Crippen LogP contribution in [0.25, 0.3) is 0 Å². The van der Waals surface area contributed by atoms with Crippen molar-refractivity contribution >= 4 is 34.9 Å².